The van der Waals surface area contributed by atoms with E-state index in [-0.39, 0.29) is 0 Å². The third-order valence-electron chi connectivity index (χ3n) is 13.4. The number of thiophene rings is 1. The van der Waals surface area contributed by atoms with Crippen LogP contribution in [0.4, 0.5) is 0 Å². The van der Waals surface area contributed by atoms with Crippen molar-refractivity contribution in [2.24, 2.45) is 0 Å². The predicted molar refractivity (Wildman–Crippen MR) is 279 cm³/mol. The fourth-order valence-corrected chi connectivity index (χ4v) is 11.3. The lowest BCUT2D eigenvalue weighted by molar-refractivity contribution is 1.07. The SMILES string of the molecule is c1ccc2cc(-c3nc(-c4ccc5ccccc5c4)nc(-c4ccc(-n5c6cc7ccccc7cc6c6ccc7ccccc7c65)cc4-c4ccc5c(c4)sc4ccccc45)n3)ccc2c1. The van der Waals surface area contributed by atoms with E-state index in [1.165, 1.54) is 68.8 Å². The van der Waals surface area contributed by atoms with Gasteiger partial charge < -0.3 is 4.57 Å². The molecule has 0 aliphatic heterocycles. The van der Waals surface area contributed by atoms with Crippen LogP contribution in [0.1, 0.15) is 0 Å². The molecule has 0 radical (unpaired) electrons. The number of hydrogen-bond acceptors (Lipinski definition) is 4. The molecule has 5 heteroatoms. The van der Waals surface area contributed by atoms with Crippen LogP contribution in [0.2, 0.25) is 0 Å². The van der Waals surface area contributed by atoms with Crippen LogP contribution in [0.3, 0.4) is 0 Å². The summed E-state index contributed by atoms with van der Waals surface area (Å²) in [5.74, 6) is 1.88. The van der Waals surface area contributed by atoms with Crippen molar-refractivity contribution in [1.29, 1.82) is 0 Å². The van der Waals surface area contributed by atoms with Gasteiger partial charge in [-0.3, -0.25) is 0 Å². The molecule has 0 aliphatic carbocycles. The maximum atomic E-state index is 5.39. The Morgan fingerprint density at radius 1 is 0.303 bits per heavy atom. The van der Waals surface area contributed by atoms with Crippen molar-refractivity contribution in [1.82, 2.24) is 19.5 Å². The molecule has 306 valence electrons. The molecule has 4 nitrogen and oxygen atoms in total. The summed E-state index contributed by atoms with van der Waals surface area (Å²) >= 11 is 1.84. The van der Waals surface area contributed by atoms with Gasteiger partial charge in [0.25, 0.3) is 0 Å². The van der Waals surface area contributed by atoms with Gasteiger partial charge in [-0.25, -0.2) is 15.0 Å². The number of aromatic nitrogens is 4. The van der Waals surface area contributed by atoms with E-state index in [4.69, 9.17) is 15.0 Å². The molecule has 0 N–H and O–H groups in total. The molecular weight excluding hydrogens is 821 g/mol. The van der Waals surface area contributed by atoms with Gasteiger partial charge in [-0.15, -0.1) is 11.3 Å². The van der Waals surface area contributed by atoms with Crippen molar-refractivity contribution in [3.05, 3.63) is 218 Å². The number of benzene rings is 11. The van der Waals surface area contributed by atoms with E-state index >= 15 is 0 Å². The molecule has 0 spiro atoms. The van der Waals surface area contributed by atoms with E-state index < -0.39 is 0 Å². The van der Waals surface area contributed by atoms with Crippen LogP contribution in [0, 0.1) is 0 Å². The predicted octanol–water partition coefficient (Wildman–Crippen LogP) is 16.6. The van der Waals surface area contributed by atoms with Gasteiger partial charge in [0, 0.05) is 58.7 Å². The van der Waals surface area contributed by atoms with Crippen LogP contribution < -0.4 is 0 Å². The maximum Gasteiger partial charge on any atom is 0.164 e. The Hall–Kier alpha value is -8.51. The van der Waals surface area contributed by atoms with Crippen LogP contribution in [-0.4, -0.2) is 19.5 Å². The second-order valence-electron chi connectivity index (χ2n) is 17.2. The van der Waals surface area contributed by atoms with Gasteiger partial charge in [0.15, 0.2) is 17.5 Å². The summed E-state index contributed by atoms with van der Waals surface area (Å²) in [6.07, 6.45) is 0. The van der Waals surface area contributed by atoms with Crippen LogP contribution in [0.25, 0.3) is 136 Å². The van der Waals surface area contributed by atoms with Crippen LogP contribution in [0.5, 0.6) is 0 Å². The second-order valence-corrected chi connectivity index (χ2v) is 18.3. The highest BCUT2D eigenvalue weighted by Gasteiger charge is 2.21. The third kappa shape index (κ3) is 5.87. The smallest absolute Gasteiger partial charge is 0.164 e. The van der Waals surface area contributed by atoms with Crippen LogP contribution >= 0.6 is 11.3 Å². The zero-order valence-electron chi connectivity index (χ0n) is 35.5. The van der Waals surface area contributed by atoms with Gasteiger partial charge in [-0.2, -0.15) is 0 Å². The first-order valence-corrected chi connectivity index (χ1v) is 23.1. The highest BCUT2D eigenvalue weighted by atomic mass is 32.1. The van der Waals surface area contributed by atoms with Gasteiger partial charge in [-0.1, -0.05) is 164 Å². The minimum absolute atomic E-state index is 0.618. The lowest BCUT2D eigenvalue weighted by Gasteiger charge is -2.16. The topological polar surface area (TPSA) is 43.6 Å². The standard InChI is InChI=1S/C61H36N4S/c1-3-14-40-31-45(23-21-37(40)11-1)59-62-60(46-24-22-38-12-2-4-15-41(38)32-46)64-61(63-59)52-30-27-47(36-53(52)44-26-28-50-49-19-9-10-20-56(49)66-57(50)35-44)65-55-34-43-17-6-5-16-42(43)33-54(55)51-29-25-39-13-7-8-18-48(39)58(51)65/h1-36H. The van der Waals surface area contributed by atoms with E-state index in [1.54, 1.807) is 0 Å². The lowest BCUT2D eigenvalue weighted by atomic mass is 9.96. The fourth-order valence-electron chi connectivity index (χ4n) is 10.1. The summed E-state index contributed by atoms with van der Waals surface area (Å²) in [5.41, 5.74) is 8.37. The molecule has 14 aromatic rings. The number of nitrogens with zero attached hydrogens (tertiary/aromatic N) is 4. The molecule has 14 rings (SSSR count). The van der Waals surface area contributed by atoms with E-state index in [2.05, 4.69) is 223 Å². The summed E-state index contributed by atoms with van der Waals surface area (Å²) in [6.45, 7) is 0. The quantitative estimate of drug-likeness (QED) is 0.173. The van der Waals surface area contributed by atoms with Gasteiger partial charge in [0.05, 0.1) is 11.0 Å². The molecule has 0 saturated carbocycles. The van der Waals surface area contributed by atoms with Gasteiger partial charge >= 0.3 is 0 Å². The van der Waals surface area contributed by atoms with Crippen molar-refractivity contribution in [2.45, 2.75) is 0 Å². The van der Waals surface area contributed by atoms with E-state index in [0.717, 1.165) is 49.8 Å². The second kappa shape index (κ2) is 14.5. The molecule has 0 amide bonds. The van der Waals surface area contributed by atoms with E-state index in [1.807, 2.05) is 11.3 Å². The molecule has 0 aliphatic rings. The summed E-state index contributed by atoms with van der Waals surface area (Å²) in [7, 11) is 0. The van der Waals surface area contributed by atoms with Gasteiger partial charge in [0.2, 0.25) is 0 Å². The van der Waals surface area contributed by atoms with E-state index in [0.29, 0.717) is 17.5 Å². The average molecular weight is 857 g/mol. The first-order valence-electron chi connectivity index (χ1n) is 22.3. The molecule has 3 aromatic heterocycles. The number of fused-ring (bicyclic) bond motifs is 11. The maximum absolute atomic E-state index is 5.39. The largest absolute Gasteiger partial charge is 0.309 e. The van der Waals surface area contributed by atoms with Gasteiger partial charge in [0.1, 0.15) is 0 Å². The van der Waals surface area contributed by atoms with Crippen molar-refractivity contribution in [3.63, 3.8) is 0 Å². The molecular formula is C61H36N4S. The number of rotatable bonds is 5. The Morgan fingerprint density at radius 3 is 1.55 bits per heavy atom. The molecule has 0 bridgehead atoms. The van der Waals surface area contributed by atoms with Gasteiger partial charge in [-0.05, 0) is 103 Å². The minimum Gasteiger partial charge on any atom is -0.309 e. The first kappa shape index (κ1) is 36.9. The summed E-state index contributed by atoms with van der Waals surface area (Å²) in [5, 5.41) is 14.5. The highest BCUT2D eigenvalue weighted by molar-refractivity contribution is 7.25. The zero-order chi connectivity index (χ0) is 43.3. The summed E-state index contributed by atoms with van der Waals surface area (Å²) in [4.78, 5) is 16.0. The normalized spacial score (nSPS) is 11.9. The van der Waals surface area contributed by atoms with Crippen LogP contribution in [-0.2, 0) is 0 Å². The number of hydrogen-bond donors (Lipinski definition) is 0. The van der Waals surface area contributed by atoms with Crippen molar-refractivity contribution >= 4 is 96.4 Å². The Bertz CT molecular complexity index is 4210. The summed E-state index contributed by atoms with van der Waals surface area (Å²) < 4.78 is 4.99. The van der Waals surface area contributed by atoms with Crippen molar-refractivity contribution < 1.29 is 0 Å². The highest BCUT2D eigenvalue weighted by Crippen LogP contribution is 2.43. The molecule has 3 heterocycles. The van der Waals surface area contributed by atoms with Crippen LogP contribution in [0.15, 0.2) is 218 Å². The minimum atomic E-state index is 0.618. The van der Waals surface area contributed by atoms with E-state index in [9.17, 15) is 0 Å². The lowest BCUT2D eigenvalue weighted by Crippen LogP contribution is -2.02. The third-order valence-corrected chi connectivity index (χ3v) is 14.5. The molecule has 66 heavy (non-hydrogen) atoms. The molecule has 0 fully saturated rings. The Morgan fingerprint density at radius 2 is 0.833 bits per heavy atom. The van der Waals surface area contributed by atoms with Crippen molar-refractivity contribution in [2.75, 3.05) is 0 Å². The van der Waals surface area contributed by atoms with Crippen molar-refractivity contribution in [3.8, 4) is 51.0 Å². The average Bonchev–Trinajstić information content (AvgIpc) is 3.92. The molecule has 11 aromatic carbocycles. The molecule has 0 unspecified atom stereocenters. The molecule has 0 atom stereocenters. The Labute approximate surface area is 383 Å². The Kier molecular flexibility index (Phi) is 8.12. The monoisotopic (exact) mass is 856 g/mol. The zero-order valence-corrected chi connectivity index (χ0v) is 36.3. The first-order chi connectivity index (χ1) is 32.7. The molecule has 0 saturated heterocycles. The Balaban J connectivity index is 1.06. The fraction of sp³-hybridized carbons (Fsp3) is 0. The summed E-state index contributed by atoms with van der Waals surface area (Å²) in [6, 6.07) is 78.9.